The van der Waals surface area contributed by atoms with Crippen LogP contribution in [0.5, 0.6) is 0 Å². The van der Waals surface area contributed by atoms with Gasteiger partial charge in [-0.15, -0.1) is 23.1 Å². The molecule has 1 aliphatic carbocycles. The molecule has 164 valence electrons. The molecule has 3 heterocycles. The summed E-state index contributed by atoms with van der Waals surface area (Å²) in [5.74, 6) is 2.94. The Hall–Kier alpha value is -1.67. The number of thioether (sulfide) groups is 1. The van der Waals surface area contributed by atoms with Crippen molar-refractivity contribution in [3.63, 3.8) is 0 Å². The predicted octanol–water partition coefficient (Wildman–Crippen LogP) is 4.63. The number of nitrogens with zero attached hydrogens (tertiary/aromatic N) is 4. The molecule has 5 nitrogen and oxygen atoms in total. The Kier molecular flexibility index (Phi) is 6.74. The monoisotopic (exact) mass is 454 g/mol. The first-order valence-electron chi connectivity index (χ1n) is 11.3. The van der Waals surface area contributed by atoms with Crippen LogP contribution in [0.4, 0.5) is 5.82 Å². The summed E-state index contributed by atoms with van der Waals surface area (Å²) in [4.78, 5) is 19.2. The molecule has 1 fully saturated rings. The van der Waals surface area contributed by atoms with Crippen molar-refractivity contribution >= 4 is 39.1 Å². The van der Waals surface area contributed by atoms with E-state index >= 15 is 0 Å². The van der Waals surface area contributed by atoms with Crippen LogP contribution in [0.1, 0.15) is 29.1 Å². The normalized spacial score (nSPS) is 17.3. The van der Waals surface area contributed by atoms with Gasteiger partial charge >= 0.3 is 0 Å². The smallest absolute Gasteiger partial charge is 0.142 e. The lowest BCUT2D eigenvalue weighted by molar-refractivity contribution is 0.144. The van der Waals surface area contributed by atoms with Crippen molar-refractivity contribution < 1.29 is 4.74 Å². The molecule has 0 N–H and O–H groups in total. The van der Waals surface area contributed by atoms with Crippen LogP contribution in [0, 0.1) is 0 Å². The SMILES string of the molecule is COCCN1CCN(c2nc(CSc3ccccc3)nc3sc4c(c23)CCCC4)CC1. The number of hydrogen-bond acceptors (Lipinski definition) is 7. The summed E-state index contributed by atoms with van der Waals surface area (Å²) in [7, 11) is 1.78. The van der Waals surface area contributed by atoms with Crippen molar-refractivity contribution in [2.24, 2.45) is 0 Å². The number of thiophene rings is 1. The first-order chi connectivity index (χ1) is 15.3. The minimum Gasteiger partial charge on any atom is -0.383 e. The van der Waals surface area contributed by atoms with Crippen LogP contribution in [-0.2, 0) is 23.3 Å². The van der Waals surface area contributed by atoms with Gasteiger partial charge < -0.3 is 9.64 Å². The first-order valence-corrected chi connectivity index (χ1v) is 13.1. The van der Waals surface area contributed by atoms with Gasteiger partial charge in [0, 0.05) is 49.6 Å². The second-order valence-electron chi connectivity index (χ2n) is 8.28. The highest BCUT2D eigenvalue weighted by Gasteiger charge is 2.26. The van der Waals surface area contributed by atoms with Gasteiger partial charge in [-0.25, -0.2) is 9.97 Å². The third kappa shape index (κ3) is 4.75. The molecule has 5 rings (SSSR count). The van der Waals surface area contributed by atoms with Crippen molar-refractivity contribution in [3.8, 4) is 0 Å². The van der Waals surface area contributed by atoms with Crippen LogP contribution >= 0.6 is 23.1 Å². The van der Waals surface area contributed by atoms with Crippen LogP contribution in [0.3, 0.4) is 0 Å². The zero-order chi connectivity index (χ0) is 21.0. The molecule has 0 spiro atoms. The lowest BCUT2D eigenvalue weighted by atomic mass is 9.97. The van der Waals surface area contributed by atoms with Gasteiger partial charge in [-0.05, 0) is 43.4 Å². The molecule has 7 heteroatoms. The van der Waals surface area contributed by atoms with Crippen molar-refractivity contribution in [1.82, 2.24) is 14.9 Å². The molecule has 0 bridgehead atoms. The highest BCUT2D eigenvalue weighted by atomic mass is 32.2. The maximum atomic E-state index is 5.27. The largest absolute Gasteiger partial charge is 0.383 e. The highest BCUT2D eigenvalue weighted by molar-refractivity contribution is 7.98. The second-order valence-corrected chi connectivity index (χ2v) is 10.4. The topological polar surface area (TPSA) is 41.5 Å². The number of hydrogen-bond donors (Lipinski definition) is 0. The van der Waals surface area contributed by atoms with E-state index in [0.29, 0.717) is 0 Å². The summed E-state index contributed by atoms with van der Waals surface area (Å²) >= 11 is 3.73. The van der Waals surface area contributed by atoms with Gasteiger partial charge in [-0.3, -0.25) is 4.90 Å². The summed E-state index contributed by atoms with van der Waals surface area (Å²) in [5.41, 5.74) is 1.53. The summed E-state index contributed by atoms with van der Waals surface area (Å²) in [6.45, 7) is 5.98. The molecule has 1 aromatic carbocycles. The molecule has 0 amide bonds. The van der Waals surface area contributed by atoms with Gasteiger partial charge in [0.2, 0.25) is 0 Å². The van der Waals surface area contributed by atoms with E-state index in [1.807, 2.05) is 23.1 Å². The van der Waals surface area contributed by atoms with Gasteiger partial charge in [0.25, 0.3) is 0 Å². The zero-order valence-corrected chi connectivity index (χ0v) is 19.8. The lowest BCUT2D eigenvalue weighted by Gasteiger charge is -2.35. The average molecular weight is 455 g/mol. The lowest BCUT2D eigenvalue weighted by Crippen LogP contribution is -2.47. The van der Waals surface area contributed by atoms with Crippen LogP contribution in [0.2, 0.25) is 0 Å². The van der Waals surface area contributed by atoms with Gasteiger partial charge in [0.15, 0.2) is 0 Å². The molecule has 3 aromatic rings. The van der Waals surface area contributed by atoms with Crippen molar-refractivity contribution in [2.45, 2.75) is 36.3 Å². The van der Waals surface area contributed by atoms with Gasteiger partial charge in [0.05, 0.1) is 17.7 Å². The quantitative estimate of drug-likeness (QED) is 0.485. The molecule has 0 unspecified atom stereocenters. The molecule has 2 aliphatic rings. The van der Waals surface area contributed by atoms with E-state index in [4.69, 9.17) is 14.7 Å². The standard InChI is InChI=1S/C24H30N4OS2/c1-29-16-15-27-11-13-28(14-12-27)23-22-19-9-5-6-10-20(19)31-24(22)26-21(25-23)17-30-18-7-3-2-4-8-18/h2-4,7-8H,5-6,9-17H2,1H3. The fourth-order valence-corrected chi connectivity index (χ4v) is 6.59. The number of aromatic nitrogens is 2. The predicted molar refractivity (Wildman–Crippen MR) is 131 cm³/mol. The van der Waals surface area contributed by atoms with Gasteiger partial charge in [-0.2, -0.15) is 0 Å². The molecule has 2 aromatic heterocycles. The van der Waals surface area contributed by atoms with Gasteiger partial charge in [-0.1, -0.05) is 18.2 Å². The molecule has 0 atom stereocenters. The minimum atomic E-state index is 0.802. The summed E-state index contributed by atoms with van der Waals surface area (Å²) in [6.07, 6.45) is 4.97. The number of piperazine rings is 1. The van der Waals surface area contributed by atoms with Crippen molar-refractivity contribution in [3.05, 3.63) is 46.6 Å². The number of ether oxygens (including phenoxy) is 1. The molecule has 31 heavy (non-hydrogen) atoms. The van der Waals surface area contributed by atoms with Crippen LogP contribution in [0.15, 0.2) is 35.2 Å². The Labute approximate surface area is 192 Å². The van der Waals surface area contributed by atoms with E-state index in [2.05, 4.69) is 40.1 Å². The molecular weight excluding hydrogens is 424 g/mol. The van der Waals surface area contributed by atoms with Crippen molar-refractivity contribution in [2.75, 3.05) is 51.3 Å². The van der Waals surface area contributed by atoms with E-state index in [0.717, 1.165) is 50.9 Å². The first kappa shape index (κ1) is 21.2. The summed E-state index contributed by atoms with van der Waals surface area (Å²) < 4.78 is 5.27. The average Bonchev–Trinajstić information content (AvgIpc) is 3.20. The summed E-state index contributed by atoms with van der Waals surface area (Å²) in [6, 6.07) is 10.6. The minimum absolute atomic E-state index is 0.802. The van der Waals surface area contributed by atoms with Crippen LogP contribution < -0.4 is 4.90 Å². The van der Waals surface area contributed by atoms with Crippen LogP contribution in [-0.4, -0.2) is 61.3 Å². The fourth-order valence-electron chi connectivity index (χ4n) is 4.54. The molecule has 0 saturated carbocycles. The number of aryl methyl sites for hydroxylation is 2. The van der Waals surface area contributed by atoms with E-state index in [-0.39, 0.29) is 0 Å². The van der Waals surface area contributed by atoms with E-state index in [1.165, 1.54) is 52.2 Å². The Morgan fingerprint density at radius 1 is 1.03 bits per heavy atom. The van der Waals surface area contributed by atoms with Gasteiger partial charge in [0.1, 0.15) is 16.5 Å². The molecule has 1 saturated heterocycles. The second kappa shape index (κ2) is 9.86. The third-order valence-corrected chi connectivity index (χ3v) is 8.43. The number of rotatable bonds is 7. The Balaban J connectivity index is 1.44. The maximum absolute atomic E-state index is 5.27. The number of anilines is 1. The Bertz CT molecular complexity index is 1020. The maximum Gasteiger partial charge on any atom is 0.142 e. The van der Waals surface area contributed by atoms with Crippen molar-refractivity contribution in [1.29, 1.82) is 0 Å². The molecular formula is C24H30N4OS2. The Morgan fingerprint density at radius 2 is 1.84 bits per heavy atom. The highest BCUT2D eigenvalue weighted by Crippen LogP contribution is 2.40. The molecule has 1 aliphatic heterocycles. The number of benzene rings is 1. The molecule has 0 radical (unpaired) electrons. The fraction of sp³-hybridized carbons (Fsp3) is 0.500. The van der Waals surface area contributed by atoms with E-state index < -0.39 is 0 Å². The third-order valence-electron chi connectivity index (χ3n) is 6.24. The van der Waals surface area contributed by atoms with E-state index in [9.17, 15) is 0 Å². The number of methoxy groups -OCH3 is 1. The summed E-state index contributed by atoms with van der Waals surface area (Å²) in [5, 5.41) is 1.35. The van der Waals surface area contributed by atoms with E-state index in [1.54, 1.807) is 12.0 Å². The number of fused-ring (bicyclic) bond motifs is 3. The zero-order valence-electron chi connectivity index (χ0n) is 18.2. The van der Waals surface area contributed by atoms with Crippen LogP contribution in [0.25, 0.3) is 10.2 Å². The Morgan fingerprint density at radius 3 is 2.65 bits per heavy atom.